The number of nitrogens with zero attached hydrogens (tertiary/aromatic N) is 2. The molecule has 0 atom stereocenters. The molecule has 0 aromatic rings. The lowest BCUT2D eigenvalue weighted by molar-refractivity contribution is 0.240. The van der Waals surface area contributed by atoms with Crippen LogP contribution in [0.4, 0.5) is 0 Å². The van der Waals surface area contributed by atoms with Gasteiger partial charge in [0, 0.05) is 26.2 Å². The Kier molecular flexibility index (Phi) is 9.99. The largest absolute Gasteiger partial charge is 0.315 e. The van der Waals surface area contributed by atoms with Crippen molar-refractivity contribution in [2.24, 2.45) is 5.92 Å². The first kappa shape index (κ1) is 15.9. The van der Waals surface area contributed by atoms with Crippen LogP contribution in [0.15, 0.2) is 0 Å². The molecule has 0 aromatic carbocycles. The van der Waals surface area contributed by atoms with Crippen LogP contribution in [-0.2, 0) is 0 Å². The Bertz CT molecular complexity index is 144. The third-order valence-corrected chi connectivity index (χ3v) is 2.92. The van der Waals surface area contributed by atoms with Crippen molar-refractivity contribution in [3.8, 4) is 0 Å². The van der Waals surface area contributed by atoms with Gasteiger partial charge in [0.1, 0.15) is 0 Å². The summed E-state index contributed by atoms with van der Waals surface area (Å²) in [4.78, 5) is 4.88. The minimum Gasteiger partial charge on any atom is -0.315 e. The first-order valence-electron chi connectivity index (χ1n) is 6.71. The molecule has 0 amide bonds. The molecular formula is C13H31N3. The second kappa shape index (κ2) is 10.1. The van der Waals surface area contributed by atoms with E-state index in [-0.39, 0.29) is 0 Å². The fraction of sp³-hybridized carbons (Fsp3) is 1.00. The Balaban J connectivity index is 3.40. The molecule has 0 saturated heterocycles. The molecule has 1 N–H and O–H groups in total. The van der Waals surface area contributed by atoms with E-state index in [0.29, 0.717) is 0 Å². The highest BCUT2D eigenvalue weighted by Gasteiger charge is 2.02. The number of hydrogen-bond acceptors (Lipinski definition) is 3. The molecular weight excluding hydrogens is 198 g/mol. The van der Waals surface area contributed by atoms with Gasteiger partial charge in [-0.05, 0) is 32.6 Å². The van der Waals surface area contributed by atoms with Crippen molar-refractivity contribution in [1.29, 1.82) is 0 Å². The van der Waals surface area contributed by atoms with E-state index in [2.05, 4.69) is 49.9 Å². The summed E-state index contributed by atoms with van der Waals surface area (Å²) in [5, 5.41) is 3.48. The zero-order valence-electron chi connectivity index (χ0n) is 11.9. The van der Waals surface area contributed by atoms with Gasteiger partial charge in [0.15, 0.2) is 0 Å². The first-order chi connectivity index (χ1) is 7.60. The van der Waals surface area contributed by atoms with Crippen LogP contribution in [-0.4, -0.2) is 62.7 Å². The van der Waals surface area contributed by atoms with Crippen molar-refractivity contribution < 1.29 is 0 Å². The van der Waals surface area contributed by atoms with Crippen molar-refractivity contribution >= 4 is 0 Å². The predicted molar refractivity (Wildman–Crippen MR) is 73.0 cm³/mol. The highest BCUT2D eigenvalue weighted by atomic mass is 15.2. The lowest BCUT2D eigenvalue weighted by atomic mass is 10.2. The van der Waals surface area contributed by atoms with Crippen molar-refractivity contribution in [3.63, 3.8) is 0 Å². The number of likely N-dealkylation sites (N-methyl/N-ethyl adjacent to an activating group) is 2. The van der Waals surface area contributed by atoms with Gasteiger partial charge >= 0.3 is 0 Å². The van der Waals surface area contributed by atoms with Crippen LogP contribution >= 0.6 is 0 Å². The van der Waals surface area contributed by atoms with Gasteiger partial charge in [-0.3, -0.25) is 0 Å². The molecule has 0 bridgehead atoms. The van der Waals surface area contributed by atoms with Gasteiger partial charge in [-0.1, -0.05) is 27.7 Å². The minimum atomic E-state index is 0.751. The van der Waals surface area contributed by atoms with Crippen molar-refractivity contribution in [2.45, 2.75) is 27.7 Å². The summed E-state index contributed by atoms with van der Waals surface area (Å²) in [6.07, 6.45) is 0. The van der Waals surface area contributed by atoms with Crippen molar-refractivity contribution in [3.05, 3.63) is 0 Å². The molecule has 98 valence electrons. The van der Waals surface area contributed by atoms with Crippen LogP contribution in [0, 0.1) is 5.92 Å². The van der Waals surface area contributed by atoms with Crippen LogP contribution in [0.1, 0.15) is 27.7 Å². The molecule has 0 saturated carbocycles. The monoisotopic (exact) mass is 229 g/mol. The molecule has 0 aliphatic rings. The second-order valence-corrected chi connectivity index (χ2v) is 4.93. The SMILES string of the molecule is CCN(CC)CCN(C)CCNCC(C)C. The van der Waals surface area contributed by atoms with Gasteiger partial charge in [-0.15, -0.1) is 0 Å². The Morgan fingerprint density at radius 3 is 2.12 bits per heavy atom. The Hall–Kier alpha value is -0.120. The zero-order valence-corrected chi connectivity index (χ0v) is 11.9. The quantitative estimate of drug-likeness (QED) is 0.573. The smallest absolute Gasteiger partial charge is 0.0109 e. The third kappa shape index (κ3) is 9.13. The number of hydrogen-bond donors (Lipinski definition) is 1. The van der Waals surface area contributed by atoms with Crippen LogP contribution < -0.4 is 5.32 Å². The number of nitrogens with one attached hydrogen (secondary N) is 1. The molecule has 0 radical (unpaired) electrons. The molecule has 0 aliphatic carbocycles. The maximum Gasteiger partial charge on any atom is 0.0109 e. The predicted octanol–water partition coefficient (Wildman–Crippen LogP) is 1.51. The molecule has 3 heteroatoms. The fourth-order valence-corrected chi connectivity index (χ4v) is 1.62. The summed E-state index contributed by atoms with van der Waals surface area (Å²) in [7, 11) is 2.21. The summed E-state index contributed by atoms with van der Waals surface area (Å²) in [6.45, 7) is 17.0. The molecule has 0 aromatic heterocycles. The maximum absolute atomic E-state index is 3.48. The van der Waals surface area contributed by atoms with E-state index >= 15 is 0 Å². The second-order valence-electron chi connectivity index (χ2n) is 4.93. The summed E-state index contributed by atoms with van der Waals surface area (Å²) in [6, 6.07) is 0. The minimum absolute atomic E-state index is 0.751. The summed E-state index contributed by atoms with van der Waals surface area (Å²) in [5.74, 6) is 0.751. The van der Waals surface area contributed by atoms with Gasteiger partial charge in [0.25, 0.3) is 0 Å². The molecule has 16 heavy (non-hydrogen) atoms. The molecule has 3 nitrogen and oxygen atoms in total. The van der Waals surface area contributed by atoms with Gasteiger partial charge in [-0.2, -0.15) is 0 Å². The average Bonchev–Trinajstić information content (AvgIpc) is 2.25. The van der Waals surface area contributed by atoms with E-state index in [0.717, 1.165) is 38.6 Å². The summed E-state index contributed by atoms with van der Waals surface area (Å²) < 4.78 is 0. The van der Waals surface area contributed by atoms with Gasteiger partial charge in [0.05, 0.1) is 0 Å². The standard InChI is InChI=1S/C13H31N3/c1-6-16(7-2)11-10-15(5)9-8-14-12-13(3)4/h13-14H,6-12H2,1-5H3. The van der Waals surface area contributed by atoms with Crippen LogP contribution in [0.5, 0.6) is 0 Å². The highest BCUT2D eigenvalue weighted by Crippen LogP contribution is 1.90. The normalized spacial score (nSPS) is 12.0. The van der Waals surface area contributed by atoms with Gasteiger partial charge in [-0.25, -0.2) is 0 Å². The van der Waals surface area contributed by atoms with E-state index in [4.69, 9.17) is 0 Å². The highest BCUT2D eigenvalue weighted by molar-refractivity contribution is 4.60. The zero-order chi connectivity index (χ0) is 12.4. The Morgan fingerprint density at radius 2 is 1.62 bits per heavy atom. The Labute approximate surface area is 102 Å². The molecule has 0 fully saturated rings. The van der Waals surface area contributed by atoms with E-state index in [1.165, 1.54) is 13.1 Å². The third-order valence-electron chi connectivity index (χ3n) is 2.92. The van der Waals surface area contributed by atoms with E-state index < -0.39 is 0 Å². The van der Waals surface area contributed by atoms with E-state index in [1.54, 1.807) is 0 Å². The van der Waals surface area contributed by atoms with Crippen molar-refractivity contribution in [2.75, 3.05) is 52.9 Å². The van der Waals surface area contributed by atoms with E-state index in [9.17, 15) is 0 Å². The lowest BCUT2D eigenvalue weighted by Gasteiger charge is -2.23. The molecule has 0 rings (SSSR count). The molecule has 0 spiro atoms. The van der Waals surface area contributed by atoms with Crippen molar-refractivity contribution in [1.82, 2.24) is 15.1 Å². The molecule has 0 aliphatic heterocycles. The van der Waals surface area contributed by atoms with Gasteiger partial charge in [0.2, 0.25) is 0 Å². The van der Waals surface area contributed by atoms with Crippen LogP contribution in [0.25, 0.3) is 0 Å². The first-order valence-corrected chi connectivity index (χ1v) is 6.71. The van der Waals surface area contributed by atoms with Gasteiger partial charge < -0.3 is 15.1 Å². The molecule has 0 unspecified atom stereocenters. The average molecular weight is 229 g/mol. The Morgan fingerprint density at radius 1 is 1.00 bits per heavy atom. The van der Waals surface area contributed by atoms with E-state index in [1.807, 2.05) is 0 Å². The van der Waals surface area contributed by atoms with Crippen LogP contribution in [0.3, 0.4) is 0 Å². The molecule has 0 heterocycles. The number of rotatable bonds is 10. The maximum atomic E-state index is 3.48. The van der Waals surface area contributed by atoms with Crippen LogP contribution in [0.2, 0.25) is 0 Å². The fourth-order valence-electron chi connectivity index (χ4n) is 1.62. The summed E-state index contributed by atoms with van der Waals surface area (Å²) in [5.41, 5.74) is 0. The lowest BCUT2D eigenvalue weighted by Crippen LogP contribution is -2.36. The summed E-state index contributed by atoms with van der Waals surface area (Å²) >= 11 is 0. The topological polar surface area (TPSA) is 18.5 Å².